The van der Waals surface area contributed by atoms with Crippen LogP contribution in [0.5, 0.6) is 0 Å². The van der Waals surface area contributed by atoms with Gasteiger partial charge in [-0.05, 0) is 49.3 Å². The lowest BCUT2D eigenvalue weighted by molar-refractivity contribution is -0.254. The number of hydrogen-bond donors (Lipinski definition) is 0. The number of ether oxygens (including phenoxy) is 1. The highest BCUT2D eigenvalue weighted by Crippen LogP contribution is 2.46. The van der Waals surface area contributed by atoms with Gasteiger partial charge in [0.2, 0.25) is 0 Å². The molecule has 0 saturated heterocycles. The van der Waals surface area contributed by atoms with E-state index in [1.165, 1.54) is 6.07 Å². The highest BCUT2D eigenvalue weighted by molar-refractivity contribution is 6.30. The molecule has 0 spiro atoms. The first-order valence-electron chi connectivity index (χ1n) is 7.42. The molecule has 23 heavy (non-hydrogen) atoms. The van der Waals surface area contributed by atoms with Crippen molar-refractivity contribution in [2.45, 2.75) is 43.9 Å². The van der Waals surface area contributed by atoms with Crippen LogP contribution in [0.2, 0.25) is 5.02 Å². The van der Waals surface area contributed by atoms with E-state index in [0.717, 1.165) is 12.8 Å². The predicted molar refractivity (Wildman–Crippen MR) is 78.7 cm³/mol. The molecule has 6 heteroatoms. The van der Waals surface area contributed by atoms with Gasteiger partial charge in [0.1, 0.15) is 0 Å². The lowest BCUT2D eigenvalue weighted by Gasteiger charge is -2.34. The van der Waals surface area contributed by atoms with Gasteiger partial charge in [-0.1, -0.05) is 23.6 Å². The second kappa shape index (κ2) is 5.76. The fourth-order valence-electron chi connectivity index (χ4n) is 2.60. The Labute approximate surface area is 137 Å². The van der Waals surface area contributed by atoms with E-state index < -0.39 is 17.7 Å². The number of cyclic esters (lactones) is 1. The van der Waals surface area contributed by atoms with Crippen molar-refractivity contribution in [2.75, 3.05) is 0 Å². The summed E-state index contributed by atoms with van der Waals surface area (Å²) in [6, 6.07) is 4.31. The minimum absolute atomic E-state index is 0.0546. The Morgan fingerprint density at radius 2 is 2.00 bits per heavy atom. The molecular formula is C17H14ClF3O2. The van der Waals surface area contributed by atoms with Gasteiger partial charge in [0, 0.05) is 22.9 Å². The van der Waals surface area contributed by atoms with Gasteiger partial charge in [-0.15, -0.1) is 0 Å². The second-order valence-corrected chi connectivity index (χ2v) is 6.29. The highest BCUT2D eigenvalue weighted by atomic mass is 35.5. The van der Waals surface area contributed by atoms with Gasteiger partial charge in [-0.2, -0.15) is 13.2 Å². The van der Waals surface area contributed by atoms with E-state index in [1.807, 2.05) is 0 Å². The Kier molecular flexibility index (Phi) is 4.05. The van der Waals surface area contributed by atoms with Crippen molar-refractivity contribution < 1.29 is 22.7 Å². The molecule has 2 nitrogen and oxygen atoms in total. The number of benzene rings is 1. The molecule has 3 rings (SSSR count). The molecule has 0 N–H and O–H groups in total. The summed E-state index contributed by atoms with van der Waals surface area (Å²) in [5, 5.41) is 0.155. The van der Waals surface area contributed by atoms with Crippen LogP contribution in [0.1, 0.15) is 36.8 Å². The SMILES string of the molecule is O=C1CCCc2ccc(Cl)cc2[C@@](C#CC2CC2)(C(F)(F)F)O1. The fourth-order valence-corrected chi connectivity index (χ4v) is 2.77. The molecule has 1 aromatic carbocycles. The van der Waals surface area contributed by atoms with Crippen molar-refractivity contribution in [3.05, 3.63) is 34.3 Å². The van der Waals surface area contributed by atoms with Crippen molar-refractivity contribution in [1.29, 1.82) is 0 Å². The van der Waals surface area contributed by atoms with Crippen LogP contribution in [0.15, 0.2) is 18.2 Å². The van der Waals surface area contributed by atoms with Crippen LogP contribution in [-0.4, -0.2) is 12.1 Å². The third kappa shape index (κ3) is 3.18. The normalized spacial score (nSPS) is 24.6. The van der Waals surface area contributed by atoms with E-state index in [4.69, 9.17) is 16.3 Å². The first kappa shape index (κ1) is 16.2. The van der Waals surface area contributed by atoms with Crippen LogP contribution >= 0.6 is 11.6 Å². The van der Waals surface area contributed by atoms with Gasteiger partial charge in [-0.25, -0.2) is 0 Å². The molecule has 1 fully saturated rings. The lowest BCUT2D eigenvalue weighted by atomic mass is 9.86. The molecule has 0 radical (unpaired) electrons. The highest BCUT2D eigenvalue weighted by Gasteiger charge is 2.60. The molecule has 1 heterocycles. The lowest BCUT2D eigenvalue weighted by Crippen LogP contribution is -2.46. The molecular weight excluding hydrogens is 329 g/mol. The molecule has 1 aromatic rings. The molecule has 0 aromatic heterocycles. The number of hydrogen-bond acceptors (Lipinski definition) is 2. The number of carbonyl (C=O) groups is 1. The zero-order chi connectivity index (χ0) is 16.7. The maximum atomic E-state index is 13.9. The van der Waals surface area contributed by atoms with E-state index in [-0.39, 0.29) is 22.9 Å². The Balaban J connectivity index is 2.23. The molecule has 0 amide bonds. The van der Waals surface area contributed by atoms with E-state index in [9.17, 15) is 18.0 Å². The monoisotopic (exact) mass is 342 g/mol. The average Bonchev–Trinajstić information content (AvgIpc) is 3.26. The van der Waals surface area contributed by atoms with Crippen LogP contribution in [0.4, 0.5) is 13.2 Å². The largest absolute Gasteiger partial charge is 0.445 e. The number of carbonyl (C=O) groups excluding carboxylic acids is 1. The number of fused-ring (bicyclic) bond motifs is 1. The van der Waals surface area contributed by atoms with Crippen LogP contribution in [0.3, 0.4) is 0 Å². The first-order valence-corrected chi connectivity index (χ1v) is 7.80. The Hall–Kier alpha value is -1.67. The number of aryl methyl sites for hydroxylation is 1. The number of rotatable bonds is 0. The summed E-state index contributed by atoms with van der Waals surface area (Å²) in [4.78, 5) is 11.8. The van der Waals surface area contributed by atoms with E-state index in [2.05, 4.69) is 11.8 Å². The number of halogens is 4. The quantitative estimate of drug-likeness (QED) is 0.516. The minimum atomic E-state index is -4.85. The third-order valence-corrected chi connectivity index (χ3v) is 4.21. The zero-order valence-electron chi connectivity index (χ0n) is 12.2. The minimum Gasteiger partial charge on any atom is -0.431 e. The Morgan fingerprint density at radius 3 is 2.65 bits per heavy atom. The van der Waals surface area contributed by atoms with Crippen LogP contribution < -0.4 is 0 Å². The zero-order valence-corrected chi connectivity index (χ0v) is 12.9. The van der Waals surface area contributed by atoms with Crippen molar-refractivity contribution in [1.82, 2.24) is 0 Å². The summed E-state index contributed by atoms with van der Waals surface area (Å²) in [5.74, 6) is 3.91. The molecule has 1 saturated carbocycles. The maximum absolute atomic E-state index is 13.9. The van der Waals surface area contributed by atoms with Crippen LogP contribution in [0, 0.1) is 17.8 Å². The summed E-state index contributed by atoms with van der Waals surface area (Å²) in [5.41, 5.74) is -2.64. The van der Waals surface area contributed by atoms with Gasteiger partial charge in [0.25, 0.3) is 5.60 Å². The molecule has 1 aliphatic heterocycles. The van der Waals surface area contributed by atoms with E-state index in [0.29, 0.717) is 18.4 Å². The second-order valence-electron chi connectivity index (χ2n) is 5.85. The summed E-state index contributed by atoms with van der Waals surface area (Å²) in [7, 11) is 0. The third-order valence-electron chi connectivity index (χ3n) is 3.97. The maximum Gasteiger partial charge on any atom is 0.445 e. The average molecular weight is 343 g/mol. The summed E-state index contributed by atoms with van der Waals surface area (Å²) < 4.78 is 46.7. The topological polar surface area (TPSA) is 26.3 Å². The number of esters is 1. The van der Waals surface area contributed by atoms with E-state index >= 15 is 0 Å². The van der Waals surface area contributed by atoms with Crippen LogP contribution in [0.25, 0.3) is 0 Å². The molecule has 122 valence electrons. The first-order chi connectivity index (χ1) is 10.8. The standard InChI is InChI=1S/C17H14ClF3O2/c18-13-7-6-12-2-1-3-15(22)23-16(14(12)10-13,17(19,20)21)9-8-11-4-5-11/h6-7,10-11H,1-5H2/t16-/m0/s1. The van der Waals surface area contributed by atoms with Gasteiger partial charge in [-0.3, -0.25) is 4.79 Å². The molecule has 1 atom stereocenters. The van der Waals surface area contributed by atoms with Crippen molar-refractivity contribution >= 4 is 17.6 Å². The summed E-state index contributed by atoms with van der Waals surface area (Å²) in [6.45, 7) is 0. The van der Waals surface area contributed by atoms with Crippen molar-refractivity contribution in [3.63, 3.8) is 0 Å². The smallest absolute Gasteiger partial charge is 0.431 e. The van der Waals surface area contributed by atoms with Gasteiger partial charge in [0.15, 0.2) is 0 Å². The number of alkyl halides is 3. The van der Waals surface area contributed by atoms with Crippen LogP contribution in [-0.2, 0) is 21.6 Å². The predicted octanol–water partition coefficient (Wildman–Crippen LogP) is 4.39. The van der Waals surface area contributed by atoms with Crippen molar-refractivity contribution in [3.8, 4) is 11.8 Å². The Bertz CT molecular complexity index is 698. The Morgan fingerprint density at radius 1 is 1.26 bits per heavy atom. The van der Waals surface area contributed by atoms with Gasteiger partial charge < -0.3 is 4.74 Å². The molecule has 0 bridgehead atoms. The van der Waals surface area contributed by atoms with Crippen molar-refractivity contribution in [2.24, 2.45) is 5.92 Å². The molecule has 1 aliphatic carbocycles. The fraction of sp³-hybridized carbons (Fsp3) is 0.471. The molecule has 2 aliphatic rings. The van der Waals surface area contributed by atoms with Gasteiger partial charge in [0.05, 0.1) is 0 Å². The molecule has 0 unspecified atom stereocenters. The van der Waals surface area contributed by atoms with Gasteiger partial charge >= 0.3 is 12.1 Å². The van der Waals surface area contributed by atoms with E-state index in [1.54, 1.807) is 12.1 Å². The summed E-state index contributed by atoms with van der Waals surface area (Å²) in [6.07, 6.45) is -2.58. The summed E-state index contributed by atoms with van der Waals surface area (Å²) >= 11 is 5.90.